The molecule has 0 radical (unpaired) electrons. The lowest BCUT2D eigenvalue weighted by molar-refractivity contribution is -0.135. The topological polar surface area (TPSA) is 57.7 Å². The number of hydrogen-bond acceptors (Lipinski definition) is 3. The summed E-state index contributed by atoms with van der Waals surface area (Å²) in [6.45, 7) is 0.729. The smallest absolute Gasteiger partial charge is 0.243 e. The molecule has 2 atom stereocenters. The van der Waals surface area contributed by atoms with Crippen LogP contribution in [0.25, 0.3) is 0 Å². The van der Waals surface area contributed by atoms with E-state index >= 15 is 0 Å². The highest BCUT2D eigenvalue weighted by atomic mass is 35.5. The lowest BCUT2D eigenvalue weighted by Crippen LogP contribution is -2.49. The van der Waals surface area contributed by atoms with Crippen molar-refractivity contribution in [3.05, 3.63) is 29.0 Å². The molecule has 0 bridgehead atoms. The van der Waals surface area contributed by atoms with Crippen LogP contribution in [0.3, 0.4) is 0 Å². The number of piperidine rings is 1. The SMILES string of the molecule is O=C([C@@H]1C[C@H](F)CN1S(=O)(=O)c1ccc(F)c(Cl)c1)N1CCCCC1. The quantitative estimate of drug-likeness (QED) is 0.794. The van der Waals surface area contributed by atoms with Gasteiger partial charge in [0.2, 0.25) is 15.9 Å². The van der Waals surface area contributed by atoms with E-state index in [9.17, 15) is 22.0 Å². The predicted molar refractivity (Wildman–Crippen MR) is 89.0 cm³/mol. The van der Waals surface area contributed by atoms with Crippen LogP contribution in [0.1, 0.15) is 25.7 Å². The van der Waals surface area contributed by atoms with Crippen LogP contribution < -0.4 is 0 Å². The van der Waals surface area contributed by atoms with Crippen LogP contribution in [0.4, 0.5) is 8.78 Å². The van der Waals surface area contributed by atoms with E-state index in [0.29, 0.717) is 13.1 Å². The van der Waals surface area contributed by atoms with Crippen molar-refractivity contribution < 1.29 is 22.0 Å². The number of sulfonamides is 1. The molecule has 5 nitrogen and oxygen atoms in total. The van der Waals surface area contributed by atoms with Crippen LogP contribution in [-0.2, 0) is 14.8 Å². The maximum atomic E-state index is 14.0. The molecule has 2 heterocycles. The molecule has 1 aromatic rings. The summed E-state index contributed by atoms with van der Waals surface area (Å²) in [6.07, 6.45) is 1.17. The van der Waals surface area contributed by atoms with Gasteiger partial charge in [0.25, 0.3) is 0 Å². The Morgan fingerprint density at radius 2 is 1.88 bits per heavy atom. The number of hydrogen-bond donors (Lipinski definition) is 0. The van der Waals surface area contributed by atoms with E-state index in [4.69, 9.17) is 11.6 Å². The molecule has 0 aliphatic carbocycles. The molecule has 2 saturated heterocycles. The van der Waals surface area contributed by atoms with Crippen molar-refractivity contribution in [3.8, 4) is 0 Å². The number of likely N-dealkylation sites (tertiary alicyclic amines) is 1. The van der Waals surface area contributed by atoms with E-state index in [2.05, 4.69) is 0 Å². The minimum Gasteiger partial charge on any atom is -0.341 e. The average Bonchev–Trinajstić information content (AvgIpc) is 3.00. The summed E-state index contributed by atoms with van der Waals surface area (Å²) in [6, 6.07) is 1.94. The Kier molecular flexibility index (Phi) is 5.31. The van der Waals surface area contributed by atoms with Gasteiger partial charge in [0.15, 0.2) is 0 Å². The zero-order valence-corrected chi connectivity index (χ0v) is 15.1. The van der Waals surface area contributed by atoms with E-state index in [0.717, 1.165) is 41.8 Å². The lowest BCUT2D eigenvalue weighted by atomic mass is 10.1. The van der Waals surface area contributed by atoms with Crippen molar-refractivity contribution in [2.45, 2.75) is 42.8 Å². The molecule has 0 aromatic heterocycles. The highest BCUT2D eigenvalue weighted by Gasteiger charge is 2.45. The van der Waals surface area contributed by atoms with Crippen molar-refractivity contribution in [3.63, 3.8) is 0 Å². The molecular formula is C16H19ClF2N2O3S. The van der Waals surface area contributed by atoms with E-state index in [1.165, 1.54) is 0 Å². The van der Waals surface area contributed by atoms with Crippen LogP contribution in [0.2, 0.25) is 5.02 Å². The molecule has 0 unspecified atom stereocenters. The third-order valence-corrected chi connectivity index (χ3v) is 6.82. The Balaban J connectivity index is 1.89. The third kappa shape index (κ3) is 3.66. The second kappa shape index (κ2) is 7.17. The molecule has 2 aliphatic rings. The number of nitrogens with zero attached hydrogens (tertiary/aromatic N) is 2. The first kappa shape index (κ1) is 18.5. The standard InChI is InChI=1S/C16H19ClF2N2O3S/c17-13-9-12(4-5-14(13)19)25(23,24)21-10-11(18)8-15(21)16(22)20-6-2-1-3-7-20/h4-5,9,11,15H,1-3,6-8,10H2/t11-,15-/m0/s1. The zero-order chi connectivity index (χ0) is 18.2. The fraction of sp³-hybridized carbons (Fsp3) is 0.562. The number of carbonyl (C=O) groups is 1. The van der Waals surface area contributed by atoms with Gasteiger partial charge in [-0.15, -0.1) is 0 Å². The van der Waals surface area contributed by atoms with Gasteiger partial charge in [0.05, 0.1) is 9.92 Å². The van der Waals surface area contributed by atoms with Crippen molar-refractivity contribution >= 4 is 27.5 Å². The minimum atomic E-state index is -4.15. The highest BCUT2D eigenvalue weighted by molar-refractivity contribution is 7.89. The summed E-state index contributed by atoms with van der Waals surface area (Å²) in [5, 5.41) is -0.337. The summed E-state index contributed by atoms with van der Waals surface area (Å²) >= 11 is 5.67. The average molecular weight is 393 g/mol. The molecule has 3 rings (SSSR count). The summed E-state index contributed by atoms with van der Waals surface area (Å²) in [5.74, 6) is -1.11. The summed E-state index contributed by atoms with van der Waals surface area (Å²) in [4.78, 5) is 14.1. The van der Waals surface area contributed by atoms with E-state index in [-0.39, 0.29) is 28.8 Å². The monoisotopic (exact) mass is 392 g/mol. The number of benzene rings is 1. The van der Waals surface area contributed by atoms with Crippen molar-refractivity contribution in [2.24, 2.45) is 0 Å². The van der Waals surface area contributed by atoms with E-state index in [1.807, 2.05) is 0 Å². The molecule has 1 amide bonds. The molecule has 2 fully saturated rings. The minimum absolute atomic E-state index is 0.163. The first-order valence-electron chi connectivity index (χ1n) is 8.20. The van der Waals surface area contributed by atoms with Crippen LogP contribution in [0.15, 0.2) is 23.1 Å². The summed E-state index contributed by atoms with van der Waals surface area (Å²) in [5.41, 5.74) is 0. The summed E-state index contributed by atoms with van der Waals surface area (Å²) in [7, 11) is -4.15. The molecule has 0 saturated carbocycles. The van der Waals surface area contributed by atoms with Crippen LogP contribution >= 0.6 is 11.6 Å². The van der Waals surface area contributed by atoms with Gasteiger partial charge in [-0.05, 0) is 37.5 Å². The van der Waals surface area contributed by atoms with Crippen molar-refractivity contribution in [1.82, 2.24) is 9.21 Å². The van der Waals surface area contributed by atoms with Crippen LogP contribution in [0, 0.1) is 5.82 Å². The van der Waals surface area contributed by atoms with E-state index < -0.39 is 28.1 Å². The Labute approximate surface area is 150 Å². The number of alkyl halides is 1. The van der Waals surface area contributed by atoms with Crippen LogP contribution in [0.5, 0.6) is 0 Å². The Morgan fingerprint density at radius 1 is 1.20 bits per heavy atom. The molecular weight excluding hydrogens is 374 g/mol. The highest BCUT2D eigenvalue weighted by Crippen LogP contribution is 2.31. The fourth-order valence-electron chi connectivity index (χ4n) is 3.34. The molecule has 0 N–H and O–H groups in total. The largest absolute Gasteiger partial charge is 0.341 e. The molecule has 9 heteroatoms. The Morgan fingerprint density at radius 3 is 2.52 bits per heavy atom. The van der Waals surface area contributed by atoms with Gasteiger partial charge < -0.3 is 4.90 Å². The number of carbonyl (C=O) groups excluding carboxylic acids is 1. The lowest BCUT2D eigenvalue weighted by Gasteiger charge is -2.32. The van der Waals surface area contributed by atoms with Crippen molar-refractivity contribution in [2.75, 3.05) is 19.6 Å². The van der Waals surface area contributed by atoms with Gasteiger partial charge >= 0.3 is 0 Å². The maximum Gasteiger partial charge on any atom is 0.243 e. The van der Waals surface area contributed by atoms with Gasteiger partial charge in [-0.2, -0.15) is 4.31 Å². The first-order chi connectivity index (χ1) is 11.8. The number of halogens is 3. The van der Waals surface area contributed by atoms with Gasteiger partial charge in [0, 0.05) is 26.1 Å². The predicted octanol–water partition coefficient (Wildman–Crippen LogP) is 2.59. The van der Waals surface area contributed by atoms with E-state index in [1.54, 1.807) is 4.90 Å². The fourth-order valence-corrected chi connectivity index (χ4v) is 5.24. The summed E-state index contributed by atoms with van der Waals surface area (Å²) < 4.78 is 53.9. The normalized spacial score (nSPS) is 25.3. The molecule has 2 aliphatic heterocycles. The Bertz CT molecular complexity index is 769. The molecule has 0 spiro atoms. The van der Waals surface area contributed by atoms with Crippen molar-refractivity contribution in [1.29, 1.82) is 0 Å². The molecule has 1 aromatic carbocycles. The first-order valence-corrected chi connectivity index (χ1v) is 10.0. The molecule has 138 valence electrons. The van der Waals surface area contributed by atoms with Gasteiger partial charge in [-0.3, -0.25) is 4.79 Å². The molecule has 25 heavy (non-hydrogen) atoms. The van der Waals surface area contributed by atoms with Crippen LogP contribution in [-0.4, -0.2) is 55.4 Å². The van der Waals surface area contributed by atoms with Gasteiger partial charge in [-0.1, -0.05) is 11.6 Å². The van der Waals surface area contributed by atoms with Gasteiger partial charge in [0.1, 0.15) is 18.0 Å². The Hall–Kier alpha value is -1.25. The van der Waals surface area contributed by atoms with Gasteiger partial charge in [-0.25, -0.2) is 17.2 Å². The maximum absolute atomic E-state index is 14.0. The number of amides is 1. The number of rotatable bonds is 3. The second-order valence-corrected chi connectivity index (χ2v) is 8.68. The third-order valence-electron chi connectivity index (χ3n) is 4.66. The zero-order valence-electron chi connectivity index (χ0n) is 13.5. The second-order valence-electron chi connectivity index (χ2n) is 6.39.